The van der Waals surface area contributed by atoms with Crippen LogP contribution in [-0.4, -0.2) is 56.5 Å². The summed E-state index contributed by atoms with van der Waals surface area (Å²) in [6, 6.07) is 7.61. The zero-order valence-corrected chi connectivity index (χ0v) is 22.6. The Morgan fingerprint density at radius 3 is 2.58 bits per heavy atom. The van der Waals surface area contributed by atoms with Gasteiger partial charge < -0.3 is 5.11 Å². The van der Waals surface area contributed by atoms with Gasteiger partial charge in [-0.3, -0.25) is 14.1 Å². The number of thiophene rings is 1. The molecule has 0 saturated carbocycles. The normalized spacial score (nSPS) is 15.0. The fourth-order valence-electron chi connectivity index (χ4n) is 3.73. The molecule has 2 aromatic heterocycles. The minimum absolute atomic E-state index is 0.0592. The number of aromatic hydroxyl groups is 1. The first-order valence-corrected chi connectivity index (χ1v) is 15.4. The van der Waals surface area contributed by atoms with E-state index in [4.69, 9.17) is 0 Å². The SMILES string of the molecule is CC(C)CCn1nc(-c2cccs2)c(O)c(C2=Nc3ccc(N(C)S(C)(=O)=O)cc3S(=O)(=O)C2)c1=O. The number of sulfonamides is 1. The molecule has 1 N–H and O–H groups in total. The summed E-state index contributed by atoms with van der Waals surface area (Å²) in [5, 5.41) is 17.3. The van der Waals surface area contributed by atoms with E-state index in [9.17, 15) is 26.7 Å². The monoisotopic (exact) mass is 550 g/mol. The molecule has 1 aliphatic rings. The van der Waals surface area contributed by atoms with Gasteiger partial charge in [0.25, 0.3) is 5.56 Å². The van der Waals surface area contributed by atoms with Crippen molar-refractivity contribution in [1.29, 1.82) is 0 Å². The van der Waals surface area contributed by atoms with Crippen molar-refractivity contribution >= 4 is 48.3 Å². The number of benzene rings is 1. The molecule has 3 heterocycles. The first-order chi connectivity index (χ1) is 16.8. The number of sulfone groups is 1. The van der Waals surface area contributed by atoms with Crippen LogP contribution in [0.1, 0.15) is 25.8 Å². The van der Waals surface area contributed by atoms with Crippen LogP contribution in [0.2, 0.25) is 0 Å². The molecular weight excluding hydrogens is 524 g/mol. The van der Waals surface area contributed by atoms with Gasteiger partial charge in [0.2, 0.25) is 10.0 Å². The fourth-order valence-corrected chi connectivity index (χ4v) is 6.39. The smallest absolute Gasteiger partial charge is 0.279 e. The summed E-state index contributed by atoms with van der Waals surface area (Å²) in [4.78, 5) is 18.3. The second kappa shape index (κ2) is 9.45. The quantitative estimate of drug-likeness (QED) is 0.477. The van der Waals surface area contributed by atoms with Crippen molar-refractivity contribution in [2.24, 2.45) is 10.9 Å². The molecule has 0 radical (unpaired) electrons. The maximum absolute atomic E-state index is 13.4. The van der Waals surface area contributed by atoms with E-state index < -0.39 is 36.9 Å². The van der Waals surface area contributed by atoms with Crippen molar-refractivity contribution < 1.29 is 21.9 Å². The molecule has 1 aromatic carbocycles. The van der Waals surface area contributed by atoms with Crippen LogP contribution < -0.4 is 9.86 Å². The standard InChI is InChI=1S/C23H26N4O6S3/c1-14(2)9-10-27-23(29)20(22(28)21(25-27)18-6-5-11-34-18)17-13-36(32,33)19-12-15(7-8-16(19)24-17)26(3)35(4,30)31/h5-8,11-12,14,28H,9-10,13H2,1-4H3. The summed E-state index contributed by atoms with van der Waals surface area (Å²) in [5.74, 6) is -0.763. The number of hydrogen-bond donors (Lipinski definition) is 1. The zero-order valence-electron chi connectivity index (χ0n) is 20.2. The lowest BCUT2D eigenvalue weighted by atomic mass is 10.1. The zero-order chi connectivity index (χ0) is 26.4. The summed E-state index contributed by atoms with van der Waals surface area (Å²) >= 11 is 1.33. The van der Waals surface area contributed by atoms with Gasteiger partial charge in [-0.2, -0.15) is 5.10 Å². The predicted molar refractivity (Wildman–Crippen MR) is 141 cm³/mol. The topological polar surface area (TPSA) is 139 Å². The summed E-state index contributed by atoms with van der Waals surface area (Å²) in [7, 11) is -6.30. The number of aliphatic imine (C=N–C) groups is 1. The molecule has 0 fully saturated rings. The van der Waals surface area contributed by atoms with E-state index in [1.54, 1.807) is 12.1 Å². The molecule has 0 amide bonds. The van der Waals surface area contributed by atoms with E-state index >= 15 is 0 Å². The maximum atomic E-state index is 13.4. The number of aromatic nitrogens is 2. The van der Waals surface area contributed by atoms with Gasteiger partial charge in [-0.25, -0.2) is 21.5 Å². The Balaban J connectivity index is 1.91. The van der Waals surface area contributed by atoms with Crippen LogP contribution in [0.3, 0.4) is 0 Å². The van der Waals surface area contributed by atoms with Crippen LogP contribution >= 0.6 is 11.3 Å². The van der Waals surface area contributed by atoms with Gasteiger partial charge in [0.15, 0.2) is 15.6 Å². The van der Waals surface area contributed by atoms with Gasteiger partial charge in [-0.15, -0.1) is 11.3 Å². The Labute approximate surface area is 213 Å². The third-order valence-corrected chi connectivity index (χ3v) is 9.55. The maximum Gasteiger partial charge on any atom is 0.279 e. The summed E-state index contributed by atoms with van der Waals surface area (Å²) < 4.78 is 52.6. The van der Waals surface area contributed by atoms with E-state index in [-0.39, 0.29) is 33.2 Å². The molecule has 10 nitrogen and oxygen atoms in total. The van der Waals surface area contributed by atoms with Crippen molar-refractivity contribution in [1.82, 2.24) is 9.78 Å². The van der Waals surface area contributed by atoms with E-state index in [0.717, 1.165) is 10.6 Å². The molecule has 1 aliphatic heterocycles. The van der Waals surface area contributed by atoms with Crippen molar-refractivity contribution in [3.05, 3.63) is 51.6 Å². The molecule has 192 valence electrons. The first-order valence-electron chi connectivity index (χ1n) is 11.1. The Morgan fingerprint density at radius 1 is 1.25 bits per heavy atom. The van der Waals surface area contributed by atoms with E-state index in [1.807, 2.05) is 19.2 Å². The van der Waals surface area contributed by atoms with Gasteiger partial charge in [-0.1, -0.05) is 19.9 Å². The molecule has 0 spiro atoms. The minimum atomic E-state index is -4.01. The van der Waals surface area contributed by atoms with E-state index in [2.05, 4.69) is 10.1 Å². The van der Waals surface area contributed by atoms with Crippen LogP contribution in [0.4, 0.5) is 11.4 Å². The van der Waals surface area contributed by atoms with Crippen molar-refractivity contribution in [2.45, 2.75) is 31.7 Å². The van der Waals surface area contributed by atoms with Gasteiger partial charge >= 0.3 is 0 Å². The van der Waals surface area contributed by atoms with Gasteiger partial charge in [-0.05, 0) is 42.0 Å². The van der Waals surface area contributed by atoms with Gasteiger partial charge in [0.1, 0.15) is 11.3 Å². The third kappa shape index (κ3) is 4.95. The van der Waals surface area contributed by atoms with Crippen molar-refractivity contribution in [3.8, 4) is 16.3 Å². The summed E-state index contributed by atoms with van der Waals surface area (Å²) in [6.45, 7) is 4.31. The highest BCUT2D eigenvalue weighted by Crippen LogP contribution is 2.37. The summed E-state index contributed by atoms with van der Waals surface area (Å²) in [5.41, 5.74) is -0.514. The summed E-state index contributed by atoms with van der Waals surface area (Å²) in [6.07, 6.45) is 1.67. The lowest BCUT2D eigenvalue weighted by molar-refractivity contribution is 0.444. The number of fused-ring (bicyclic) bond motifs is 1. The predicted octanol–water partition coefficient (Wildman–Crippen LogP) is 3.03. The fraction of sp³-hybridized carbons (Fsp3) is 0.348. The molecule has 36 heavy (non-hydrogen) atoms. The van der Waals surface area contributed by atoms with Crippen LogP contribution in [0.15, 0.2) is 50.4 Å². The highest BCUT2D eigenvalue weighted by atomic mass is 32.2. The minimum Gasteiger partial charge on any atom is -0.505 e. The molecule has 0 aliphatic carbocycles. The molecule has 0 bridgehead atoms. The average molecular weight is 551 g/mol. The molecule has 0 saturated heterocycles. The van der Waals surface area contributed by atoms with Gasteiger partial charge in [0.05, 0.1) is 38.9 Å². The van der Waals surface area contributed by atoms with Crippen molar-refractivity contribution in [3.63, 3.8) is 0 Å². The number of anilines is 1. The molecule has 4 rings (SSSR count). The van der Waals surface area contributed by atoms with Crippen LogP contribution in [0.5, 0.6) is 5.75 Å². The lowest BCUT2D eigenvalue weighted by Gasteiger charge is -2.21. The Morgan fingerprint density at radius 2 is 1.97 bits per heavy atom. The lowest BCUT2D eigenvalue weighted by Crippen LogP contribution is -2.33. The Kier molecular flexibility index (Phi) is 6.84. The molecule has 0 unspecified atom stereocenters. The van der Waals surface area contributed by atoms with Crippen molar-refractivity contribution in [2.75, 3.05) is 23.4 Å². The molecule has 3 aromatic rings. The van der Waals surface area contributed by atoms with Crippen LogP contribution in [-0.2, 0) is 26.4 Å². The molecular formula is C23H26N4O6S3. The van der Waals surface area contributed by atoms with Crippen LogP contribution in [0, 0.1) is 5.92 Å². The highest BCUT2D eigenvalue weighted by Gasteiger charge is 2.32. The number of aryl methyl sites for hydroxylation is 1. The first kappa shape index (κ1) is 26.0. The largest absolute Gasteiger partial charge is 0.505 e. The second-order valence-corrected chi connectivity index (χ2v) is 13.9. The van der Waals surface area contributed by atoms with E-state index in [1.165, 1.54) is 41.3 Å². The Hall–Kier alpha value is -3.03. The van der Waals surface area contributed by atoms with E-state index in [0.29, 0.717) is 23.8 Å². The Bertz CT molecular complexity index is 1620. The average Bonchev–Trinajstić information content (AvgIpc) is 3.31. The number of nitrogens with zero attached hydrogens (tertiary/aromatic N) is 4. The molecule has 13 heteroatoms. The number of rotatable bonds is 7. The third-order valence-electron chi connectivity index (χ3n) is 5.81. The highest BCUT2D eigenvalue weighted by molar-refractivity contribution is 7.92. The number of hydrogen-bond acceptors (Lipinski definition) is 9. The molecule has 0 atom stereocenters. The van der Waals surface area contributed by atoms with Crippen LogP contribution in [0.25, 0.3) is 10.6 Å². The second-order valence-electron chi connectivity index (χ2n) is 8.96. The van der Waals surface area contributed by atoms with Gasteiger partial charge in [0, 0.05) is 13.6 Å².